The summed E-state index contributed by atoms with van der Waals surface area (Å²) in [6.45, 7) is 13.0. The van der Waals surface area contributed by atoms with Crippen LogP contribution in [0, 0.1) is 41.5 Å². The first kappa shape index (κ1) is 23.7. The highest BCUT2D eigenvalue weighted by Crippen LogP contribution is 2.35. The number of aryl methyl sites for hydroxylation is 6. The maximum absolute atomic E-state index is 5.06. The van der Waals surface area contributed by atoms with Crippen molar-refractivity contribution >= 4 is 0 Å². The second kappa shape index (κ2) is 9.54. The van der Waals surface area contributed by atoms with Crippen LogP contribution in [0.3, 0.4) is 0 Å². The first-order valence-corrected chi connectivity index (χ1v) is 12.5. The van der Waals surface area contributed by atoms with E-state index in [2.05, 4.69) is 114 Å². The highest BCUT2D eigenvalue weighted by Gasteiger charge is 2.14. The molecule has 0 atom stereocenters. The molecule has 178 valence electrons. The van der Waals surface area contributed by atoms with Crippen LogP contribution in [0.15, 0.2) is 85.1 Å². The summed E-state index contributed by atoms with van der Waals surface area (Å²) in [6, 6.07) is 28.0. The number of rotatable bonds is 4. The lowest BCUT2D eigenvalue weighted by Gasteiger charge is -2.15. The van der Waals surface area contributed by atoms with Crippen molar-refractivity contribution < 1.29 is 0 Å². The van der Waals surface area contributed by atoms with E-state index >= 15 is 0 Å². The molecule has 3 aromatic carbocycles. The van der Waals surface area contributed by atoms with Crippen LogP contribution in [0.1, 0.15) is 33.4 Å². The van der Waals surface area contributed by atoms with Crippen LogP contribution in [-0.4, -0.2) is 9.97 Å². The van der Waals surface area contributed by atoms with Crippen LogP contribution >= 0.6 is 0 Å². The topological polar surface area (TPSA) is 25.8 Å². The third-order valence-electron chi connectivity index (χ3n) is 6.85. The van der Waals surface area contributed by atoms with E-state index in [9.17, 15) is 0 Å². The lowest BCUT2D eigenvalue weighted by atomic mass is 9.92. The second-order valence-corrected chi connectivity index (χ2v) is 9.97. The monoisotopic (exact) mass is 468 g/mol. The van der Waals surface area contributed by atoms with E-state index < -0.39 is 0 Å². The smallest absolute Gasteiger partial charge is 0.0899 e. The summed E-state index contributed by atoms with van der Waals surface area (Å²) in [5, 5.41) is 0. The van der Waals surface area contributed by atoms with Crippen LogP contribution < -0.4 is 0 Å². The van der Waals surface area contributed by atoms with Crippen molar-refractivity contribution in [3.05, 3.63) is 118 Å². The van der Waals surface area contributed by atoms with Gasteiger partial charge in [-0.25, -0.2) is 4.98 Å². The van der Waals surface area contributed by atoms with Gasteiger partial charge in [0, 0.05) is 17.3 Å². The van der Waals surface area contributed by atoms with Gasteiger partial charge in [0.05, 0.1) is 17.1 Å². The summed E-state index contributed by atoms with van der Waals surface area (Å²) < 4.78 is 0. The average molecular weight is 469 g/mol. The van der Waals surface area contributed by atoms with Crippen molar-refractivity contribution in [1.82, 2.24) is 9.97 Å². The zero-order valence-electron chi connectivity index (χ0n) is 22.0. The van der Waals surface area contributed by atoms with Gasteiger partial charge >= 0.3 is 0 Å². The van der Waals surface area contributed by atoms with E-state index in [4.69, 9.17) is 9.97 Å². The minimum Gasteiger partial charge on any atom is -0.254 e. The molecule has 0 amide bonds. The highest BCUT2D eigenvalue weighted by atomic mass is 14.8. The number of aromatic nitrogens is 2. The van der Waals surface area contributed by atoms with Gasteiger partial charge in [-0.3, -0.25) is 4.98 Å². The van der Waals surface area contributed by atoms with Crippen molar-refractivity contribution in [3.63, 3.8) is 0 Å². The van der Waals surface area contributed by atoms with Gasteiger partial charge in [-0.2, -0.15) is 0 Å². The molecule has 2 heteroatoms. The van der Waals surface area contributed by atoms with E-state index in [0.29, 0.717) is 0 Å². The molecule has 0 spiro atoms. The fourth-order valence-electron chi connectivity index (χ4n) is 5.53. The number of benzene rings is 3. The highest BCUT2D eigenvalue weighted by molar-refractivity contribution is 5.80. The second-order valence-electron chi connectivity index (χ2n) is 9.97. The first-order valence-electron chi connectivity index (χ1n) is 12.5. The molecule has 0 radical (unpaired) electrons. The minimum absolute atomic E-state index is 0.877. The van der Waals surface area contributed by atoms with Crippen molar-refractivity contribution in [2.75, 3.05) is 0 Å². The molecule has 36 heavy (non-hydrogen) atoms. The molecule has 2 heterocycles. The van der Waals surface area contributed by atoms with E-state index in [1.165, 1.54) is 50.1 Å². The molecule has 0 aliphatic carbocycles. The molecule has 0 aliphatic rings. The molecule has 0 bridgehead atoms. The van der Waals surface area contributed by atoms with E-state index in [1.807, 2.05) is 12.3 Å². The van der Waals surface area contributed by atoms with Crippen LogP contribution in [-0.2, 0) is 0 Å². The molecular formula is C34H32N2. The molecule has 0 saturated carbocycles. The summed E-state index contributed by atoms with van der Waals surface area (Å²) in [6.07, 6.45) is 1.99. The van der Waals surface area contributed by atoms with Gasteiger partial charge in [-0.15, -0.1) is 0 Å². The molecule has 0 unspecified atom stereocenters. The molecule has 2 nitrogen and oxygen atoms in total. The number of nitrogens with zero attached hydrogens (tertiary/aromatic N) is 2. The van der Waals surface area contributed by atoms with Crippen molar-refractivity contribution in [3.8, 4) is 44.9 Å². The minimum atomic E-state index is 0.877. The zero-order chi connectivity index (χ0) is 25.4. The van der Waals surface area contributed by atoms with Gasteiger partial charge in [-0.05, 0) is 98.7 Å². The Morgan fingerprint density at radius 3 is 1.50 bits per heavy atom. The molecular weight excluding hydrogens is 436 g/mol. The molecule has 2 aromatic heterocycles. The van der Waals surface area contributed by atoms with Crippen LogP contribution in [0.25, 0.3) is 44.9 Å². The summed E-state index contributed by atoms with van der Waals surface area (Å²) in [4.78, 5) is 9.96. The summed E-state index contributed by atoms with van der Waals surface area (Å²) in [7, 11) is 0. The largest absolute Gasteiger partial charge is 0.254 e. The SMILES string of the molecule is Cc1cc(C)c(-c2ccc(-c3cc(-c4c(C)cc(C)cc4C)cc(-c4ccccc4)n3)nc2)c(C)c1. The van der Waals surface area contributed by atoms with Crippen molar-refractivity contribution in [1.29, 1.82) is 0 Å². The molecule has 0 aliphatic heterocycles. The fourth-order valence-corrected chi connectivity index (χ4v) is 5.53. The Morgan fingerprint density at radius 1 is 0.444 bits per heavy atom. The third kappa shape index (κ3) is 4.59. The number of hydrogen-bond acceptors (Lipinski definition) is 2. The predicted molar refractivity (Wildman–Crippen MR) is 152 cm³/mol. The van der Waals surface area contributed by atoms with Gasteiger partial charge in [0.1, 0.15) is 0 Å². The lowest BCUT2D eigenvalue weighted by molar-refractivity contribution is 1.24. The van der Waals surface area contributed by atoms with Crippen LogP contribution in [0.5, 0.6) is 0 Å². The third-order valence-corrected chi connectivity index (χ3v) is 6.85. The maximum Gasteiger partial charge on any atom is 0.0899 e. The Hall–Kier alpha value is -4.04. The predicted octanol–water partition coefficient (Wildman–Crippen LogP) is 9.00. The average Bonchev–Trinajstić information content (AvgIpc) is 2.84. The molecule has 0 fully saturated rings. The van der Waals surface area contributed by atoms with Crippen LogP contribution in [0.2, 0.25) is 0 Å². The number of hydrogen-bond donors (Lipinski definition) is 0. The molecule has 5 aromatic rings. The fraction of sp³-hybridized carbons (Fsp3) is 0.176. The lowest BCUT2D eigenvalue weighted by Crippen LogP contribution is -1.96. The van der Waals surface area contributed by atoms with Crippen molar-refractivity contribution in [2.45, 2.75) is 41.5 Å². The van der Waals surface area contributed by atoms with Gasteiger partial charge in [0.15, 0.2) is 0 Å². The van der Waals surface area contributed by atoms with Gasteiger partial charge in [-0.1, -0.05) is 71.8 Å². The van der Waals surface area contributed by atoms with Crippen LogP contribution in [0.4, 0.5) is 0 Å². The Kier molecular flexibility index (Phi) is 6.28. The van der Waals surface area contributed by atoms with Gasteiger partial charge in [0.2, 0.25) is 0 Å². The quantitative estimate of drug-likeness (QED) is 0.263. The van der Waals surface area contributed by atoms with E-state index in [0.717, 1.165) is 28.2 Å². The van der Waals surface area contributed by atoms with Crippen molar-refractivity contribution in [2.24, 2.45) is 0 Å². The maximum atomic E-state index is 5.06. The Bertz CT molecular complexity index is 1520. The Labute approximate surface area is 214 Å². The molecule has 0 saturated heterocycles. The summed E-state index contributed by atoms with van der Waals surface area (Å²) >= 11 is 0. The molecule has 0 N–H and O–H groups in total. The molecule has 5 rings (SSSR count). The first-order chi connectivity index (χ1) is 17.3. The van der Waals surface area contributed by atoms with Gasteiger partial charge < -0.3 is 0 Å². The van der Waals surface area contributed by atoms with Gasteiger partial charge in [0.25, 0.3) is 0 Å². The zero-order valence-corrected chi connectivity index (χ0v) is 22.0. The Morgan fingerprint density at radius 2 is 0.972 bits per heavy atom. The van der Waals surface area contributed by atoms with E-state index in [1.54, 1.807) is 0 Å². The summed E-state index contributed by atoms with van der Waals surface area (Å²) in [5.74, 6) is 0. The summed E-state index contributed by atoms with van der Waals surface area (Å²) in [5.41, 5.74) is 16.3. The Balaban J connectivity index is 1.65. The normalized spacial score (nSPS) is 11.1. The standard InChI is InChI=1S/C34H32N2/c1-21-14-23(3)33(24(4)15-21)28-12-13-30(35-20-28)32-19-29(34-25(5)16-22(2)17-26(34)6)18-31(36-32)27-10-8-7-9-11-27/h7-20H,1-6H3. The number of pyridine rings is 2. The van der Waals surface area contributed by atoms with E-state index in [-0.39, 0.29) is 0 Å².